The van der Waals surface area contributed by atoms with Crippen molar-refractivity contribution in [3.63, 3.8) is 0 Å². The van der Waals surface area contributed by atoms with Crippen molar-refractivity contribution in [1.29, 1.82) is 0 Å². The number of halogens is 1. The maximum absolute atomic E-state index is 6.16. The molecule has 1 heterocycles. The maximum Gasteiger partial charge on any atom is 0.127 e. The van der Waals surface area contributed by atoms with Gasteiger partial charge in [-0.15, -0.1) is 0 Å². The van der Waals surface area contributed by atoms with Crippen LogP contribution in [0, 0.1) is 0 Å². The maximum atomic E-state index is 6.16. The molecule has 0 bridgehead atoms. The molecule has 5 heteroatoms. The standard InChI is InChI=1S/C16H21ClN4/c1-20-8-7-18-16(20)11-21(2)15-6-3-13(17)9-12(15)10-19-14-4-5-14/h3,6-9,14,19H,4-5,10-11H2,1-2H3. The molecule has 1 fully saturated rings. The third-order valence-electron chi connectivity index (χ3n) is 3.91. The Labute approximate surface area is 130 Å². The Balaban J connectivity index is 1.77. The lowest BCUT2D eigenvalue weighted by Gasteiger charge is -2.23. The first kappa shape index (κ1) is 14.4. The largest absolute Gasteiger partial charge is 0.367 e. The summed E-state index contributed by atoms with van der Waals surface area (Å²) in [4.78, 5) is 6.62. The van der Waals surface area contributed by atoms with Crippen LogP contribution in [0.4, 0.5) is 5.69 Å². The van der Waals surface area contributed by atoms with Gasteiger partial charge < -0.3 is 14.8 Å². The van der Waals surface area contributed by atoms with Crippen LogP contribution in [-0.4, -0.2) is 22.6 Å². The van der Waals surface area contributed by atoms with Gasteiger partial charge in [0.05, 0.1) is 6.54 Å². The number of nitrogens with zero attached hydrogens (tertiary/aromatic N) is 3. The van der Waals surface area contributed by atoms with Crippen LogP contribution in [-0.2, 0) is 20.1 Å². The van der Waals surface area contributed by atoms with Crippen molar-refractivity contribution in [1.82, 2.24) is 14.9 Å². The van der Waals surface area contributed by atoms with E-state index in [1.165, 1.54) is 24.1 Å². The molecular formula is C16H21ClN4. The fraction of sp³-hybridized carbons (Fsp3) is 0.438. The predicted octanol–water partition coefficient (Wildman–Crippen LogP) is 2.96. The van der Waals surface area contributed by atoms with Crippen molar-refractivity contribution < 1.29 is 0 Å². The van der Waals surface area contributed by atoms with Crippen LogP contribution in [0.1, 0.15) is 24.2 Å². The topological polar surface area (TPSA) is 33.1 Å². The van der Waals surface area contributed by atoms with Gasteiger partial charge in [0.15, 0.2) is 0 Å². The van der Waals surface area contributed by atoms with Crippen LogP contribution in [0.25, 0.3) is 0 Å². The highest BCUT2D eigenvalue weighted by atomic mass is 35.5. The fourth-order valence-corrected chi connectivity index (χ4v) is 2.65. The molecule has 21 heavy (non-hydrogen) atoms. The molecule has 0 amide bonds. The van der Waals surface area contributed by atoms with Gasteiger partial charge >= 0.3 is 0 Å². The van der Waals surface area contributed by atoms with Crippen LogP contribution in [0.5, 0.6) is 0 Å². The third kappa shape index (κ3) is 3.57. The smallest absolute Gasteiger partial charge is 0.127 e. The number of aromatic nitrogens is 2. The summed E-state index contributed by atoms with van der Waals surface area (Å²) in [7, 11) is 4.12. The molecule has 1 N–H and O–H groups in total. The van der Waals surface area contributed by atoms with Crippen molar-refractivity contribution in [2.45, 2.75) is 32.0 Å². The van der Waals surface area contributed by atoms with Crippen LogP contribution in [0.3, 0.4) is 0 Å². The van der Waals surface area contributed by atoms with E-state index in [0.29, 0.717) is 6.04 Å². The second kappa shape index (κ2) is 6.08. The quantitative estimate of drug-likeness (QED) is 0.891. The molecule has 1 aliphatic carbocycles. The van der Waals surface area contributed by atoms with E-state index in [0.717, 1.165) is 23.9 Å². The van der Waals surface area contributed by atoms with E-state index in [9.17, 15) is 0 Å². The molecule has 1 aromatic heterocycles. The van der Waals surface area contributed by atoms with Gasteiger partial charge in [0.25, 0.3) is 0 Å². The first-order chi connectivity index (χ1) is 10.1. The number of aryl methyl sites for hydroxylation is 1. The molecule has 1 saturated carbocycles. The second-order valence-electron chi connectivity index (χ2n) is 5.74. The summed E-state index contributed by atoms with van der Waals surface area (Å²) in [5.41, 5.74) is 2.45. The van der Waals surface area contributed by atoms with E-state index < -0.39 is 0 Å². The molecule has 0 radical (unpaired) electrons. The van der Waals surface area contributed by atoms with E-state index in [2.05, 4.69) is 38.9 Å². The fourth-order valence-electron chi connectivity index (χ4n) is 2.46. The molecule has 4 nitrogen and oxygen atoms in total. The van der Waals surface area contributed by atoms with Gasteiger partial charge in [0.2, 0.25) is 0 Å². The SMILES string of the molecule is CN(Cc1nccn1C)c1ccc(Cl)cc1CNC1CC1. The zero-order chi connectivity index (χ0) is 14.8. The van der Waals surface area contributed by atoms with Crippen LogP contribution >= 0.6 is 11.6 Å². The number of hydrogen-bond acceptors (Lipinski definition) is 3. The van der Waals surface area contributed by atoms with Crippen molar-refractivity contribution in [2.75, 3.05) is 11.9 Å². The predicted molar refractivity (Wildman–Crippen MR) is 86.6 cm³/mol. The highest BCUT2D eigenvalue weighted by Gasteiger charge is 2.21. The van der Waals surface area contributed by atoms with Gasteiger partial charge in [-0.1, -0.05) is 11.6 Å². The summed E-state index contributed by atoms with van der Waals surface area (Å²) in [6.07, 6.45) is 6.39. The van der Waals surface area contributed by atoms with Crippen LogP contribution in [0.2, 0.25) is 5.02 Å². The highest BCUT2D eigenvalue weighted by molar-refractivity contribution is 6.30. The van der Waals surface area contributed by atoms with E-state index in [1.807, 2.05) is 25.5 Å². The Bertz CT molecular complexity index is 618. The van der Waals surface area contributed by atoms with Gasteiger partial charge in [-0.2, -0.15) is 0 Å². The van der Waals surface area contributed by atoms with Crippen molar-refractivity contribution >= 4 is 17.3 Å². The molecule has 3 rings (SSSR count). The molecule has 0 spiro atoms. The monoisotopic (exact) mass is 304 g/mol. The Hall–Kier alpha value is -1.52. The summed E-state index contributed by atoms with van der Waals surface area (Å²) in [5, 5.41) is 4.35. The summed E-state index contributed by atoms with van der Waals surface area (Å²) < 4.78 is 2.05. The van der Waals surface area contributed by atoms with Crippen molar-refractivity contribution in [3.8, 4) is 0 Å². The molecule has 1 aromatic carbocycles. The minimum Gasteiger partial charge on any atom is -0.367 e. The Morgan fingerprint density at radius 3 is 2.90 bits per heavy atom. The zero-order valence-corrected chi connectivity index (χ0v) is 13.3. The van der Waals surface area contributed by atoms with Gasteiger partial charge in [-0.05, 0) is 36.6 Å². The number of anilines is 1. The summed E-state index contributed by atoms with van der Waals surface area (Å²) in [6, 6.07) is 6.79. The molecule has 112 valence electrons. The number of imidazole rings is 1. The first-order valence-electron chi connectivity index (χ1n) is 7.32. The van der Waals surface area contributed by atoms with Gasteiger partial charge in [-0.3, -0.25) is 0 Å². The van der Waals surface area contributed by atoms with E-state index in [-0.39, 0.29) is 0 Å². The van der Waals surface area contributed by atoms with Crippen LogP contribution in [0.15, 0.2) is 30.6 Å². The minimum atomic E-state index is 0.691. The molecule has 0 atom stereocenters. The molecule has 0 saturated heterocycles. The molecule has 0 aliphatic heterocycles. The van der Waals surface area contributed by atoms with E-state index in [4.69, 9.17) is 11.6 Å². The Morgan fingerprint density at radius 2 is 2.24 bits per heavy atom. The lowest BCUT2D eigenvalue weighted by Crippen LogP contribution is -2.23. The Morgan fingerprint density at radius 1 is 1.43 bits per heavy atom. The Kier molecular flexibility index (Phi) is 4.17. The summed E-state index contributed by atoms with van der Waals surface area (Å²) >= 11 is 6.16. The van der Waals surface area contributed by atoms with Gasteiger partial charge in [-0.25, -0.2) is 4.98 Å². The van der Waals surface area contributed by atoms with Gasteiger partial charge in [0.1, 0.15) is 5.82 Å². The zero-order valence-electron chi connectivity index (χ0n) is 12.5. The molecular weight excluding hydrogens is 284 g/mol. The van der Waals surface area contributed by atoms with Crippen molar-refractivity contribution in [2.24, 2.45) is 7.05 Å². The van der Waals surface area contributed by atoms with Gasteiger partial charge in [0, 0.05) is 49.8 Å². The number of benzene rings is 1. The van der Waals surface area contributed by atoms with E-state index in [1.54, 1.807) is 0 Å². The average molecular weight is 305 g/mol. The lowest BCUT2D eigenvalue weighted by molar-refractivity contribution is 0.683. The summed E-state index contributed by atoms with van der Waals surface area (Å²) in [5.74, 6) is 1.05. The number of nitrogens with one attached hydrogen (secondary N) is 1. The highest BCUT2D eigenvalue weighted by Crippen LogP contribution is 2.26. The number of hydrogen-bond donors (Lipinski definition) is 1. The second-order valence-corrected chi connectivity index (χ2v) is 6.18. The third-order valence-corrected chi connectivity index (χ3v) is 4.15. The molecule has 1 aliphatic rings. The normalized spacial score (nSPS) is 14.4. The minimum absolute atomic E-state index is 0.691. The molecule has 0 unspecified atom stereocenters. The summed E-state index contributed by atoms with van der Waals surface area (Å²) in [6.45, 7) is 1.65. The van der Waals surface area contributed by atoms with E-state index >= 15 is 0 Å². The van der Waals surface area contributed by atoms with Crippen molar-refractivity contribution in [3.05, 3.63) is 47.0 Å². The average Bonchev–Trinajstić information content (AvgIpc) is 3.20. The van der Waals surface area contributed by atoms with Crippen LogP contribution < -0.4 is 10.2 Å². The molecule has 2 aromatic rings. The lowest BCUT2D eigenvalue weighted by atomic mass is 10.1. The number of rotatable bonds is 6. The first-order valence-corrected chi connectivity index (χ1v) is 7.70.